The summed E-state index contributed by atoms with van der Waals surface area (Å²) >= 11 is 1.75. The van der Waals surface area contributed by atoms with Gasteiger partial charge >= 0.3 is 0 Å². The Kier molecular flexibility index (Phi) is 4.31. The van der Waals surface area contributed by atoms with Crippen molar-refractivity contribution in [2.45, 2.75) is 43.9 Å². The molecule has 2 atom stereocenters. The Hall–Kier alpha value is -1.82. The molecular formula is C18H21N3O2S. The van der Waals surface area contributed by atoms with E-state index in [4.69, 9.17) is 4.52 Å². The summed E-state index contributed by atoms with van der Waals surface area (Å²) in [6.45, 7) is 2.77. The lowest BCUT2D eigenvalue weighted by Gasteiger charge is -2.30. The van der Waals surface area contributed by atoms with Crippen LogP contribution in [0.1, 0.15) is 53.9 Å². The molecule has 0 N–H and O–H groups in total. The molecule has 1 fully saturated rings. The Morgan fingerprint density at radius 3 is 3.12 bits per heavy atom. The van der Waals surface area contributed by atoms with Gasteiger partial charge in [-0.15, -0.1) is 11.8 Å². The van der Waals surface area contributed by atoms with Gasteiger partial charge in [-0.25, -0.2) is 0 Å². The zero-order valence-corrected chi connectivity index (χ0v) is 14.6. The smallest absolute Gasteiger partial charge is 0.240 e. The van der Waals surface area contributed by atoms with Gasteiger partial charge in [-0.3, -0.25) is 4.79 Å². The van der Waals surface area contributed by atoms with E-state index in [1.807, 2.05) is 17.9 Å². The van der Waals surface area contributed by atoms with Crippen LogP contribution in [0.15, 0.2) is 28.8 Å². The number of aryl methyl sites for hydroxylation is 2. The Balaban J connectivity index is 1.60. The van der Waals surface area contributed by atoms with Crippen molar-refractivity contribution < 1.29 is 9.32 Å². The van der Waals surface area contributed by atoms with Crippen molar-refractivity contribution in [2.24, 2.45) is 0 Å². The Morgan fingerprint density at radius 1 is 1.42 bits per heavy atom. The van der Waals surface area contributed by atoms with Crippen LogP contribution >= 0.6 is 11.8 Å². The quantitative estimate of drug-likeness (QED) is 0.855. The average molecular weight is 343 g/mol. The number of amides is 1. The molecule has 2 aliphatic rings. The average Bonchev–Trinajstić information content (AvgIpc) is 3.29. The van der Waals surface area contributed by atoms with Gasteiger partial charge in [-0.1, -0.05) is 36.3 Å². The molecule has 0 unspecified atom stereocenters. The predicted octanol–water partition coefficient (Wildman–Crippen LogP) is 3.33. The number of nitrogens with zero attached hydrogens (tertiary/aromatic N) is 3. The van der Waals surface area contributed by atoms with E-state index >= 15 is 0 Å². The van der Waals surface area contributed by atoms with E-state index in [2.05, 4.69) is 28.3 Å². The third kappa shape index (κ3) is 2.73. The number of fused-ring (bicyclic) bond motifs is 1. The number of hydrogen-bond donors (Lipinski definition) is 0. The molecule has 3 heterocycles. The highest BCUT2D eigenvalue weighted by atomic mass is 32.2. The summed E-state index contributed by atoms with van der Waals surface area (Å²) in [5.41, 5.74) is 2.48. The lowest BCUT2D eigenvalue weighted by atomic mass is 10.0. The van der Waals surface area contributed by atoms with Crippen LogP contribution in [0.25, 0.3) is 0 Å². The minimum Gasteiger partial charge on any atom is -0.339 e. The first kappa shape index (κ1) is 15.7. The standard InChI is InChI=1S/C18H21N3O2S/c1-2-15-19-17(20-23-15)14-8-5-10-21(14)18(22)16-13-7-4-3-6-12(13)9-11-24-16/h3-4,6-7,14,16H,2,5,8-11H2,1H3/t14-,16+/m1/s1. The lowest BCUT2D eigenvalue weighted by molar-refractivity contribution is -0.131. The van der Waals surface area contributed by atoms with Gasteiger partial charge in [0.25, 0.3) is 0 Å². The van der Waals surface area contributed by atoms with E-state index in [0.29, 0.717) is 11.7 Å². The van der Waals surface area contributed by atoms with Gasteiger partial charge in [0.1, 0.15) is 5.25 Å². The summed E-state index contributed by atoms with van der Waals surface area (Å²) in [6.07, 6.45) is 3.66. The molecular weight excluding hydrogens is 322 g/mol. The number of benzene rings is 1. The van der Waals surface area contributed by atoms with Gasteiger partial charge < -0.3 is 9.42 Å². The van der Waals surface area contributed by atoms with Gasteiger partial charge in [0.05, 0.1) is 6.04 Å². The highest BCUT2D eigenvalue weighted by Gasteiger charge is 2.38. The molecule has 1 aromatic heterocycles. The van der Waals surface area contributed by atoms with Crippen molar-refractivity contribution in [2.75, 3.05) is 12.3 Å². The molecule has 1 amide bonds. The molecule has 0 bridgehead atoms. The van der Waals surface area contributed by atoms with Gasteiger partial charge in [0, 0.05) is 13.0 Å². The fourth-order valence-electron chi connectivity index (χ4n) is 3.60. The van der Waals surface area contributed by atoms with E-state index in [0.717, 1.165) is 38.0 Å². The largest absolute Gasteiger partial charge is 0.339 e. The first-order chi connectivity index (χ1) is 11.8. The van der Waals surface area contributed by atoms with Crippen LogP contribution < -0.4 is 0 Å². The highest BCUT2D eigenvalue weighted by molar-refractivity contribution is 8.00. The number of carbonyl (C=O) groups is 1. The minimum atomic E-state index is -0.104. The highest BCUT2D eigenvalue weighted by Crippen LogP contribution is 2.41. The summed E-state index contributed by atoms with van der Waals surface area (Å²) in [6, 6.07) is 8.28. The Bertz CT molecular complexity index is 745. The van der Waals surface area contributed by atoms with E-state index in [1.165, 1.54) is 11.1 Å². The zero-order chi connectivity index (χ0) is 16.5. The monoisotopic (exact) mass is 343 g/mol. The SMILES string of the molecule is CCc1nc([C@H]2CCCN2C(=O)[C@H]2SCCc3ccccc32)no1. The Labute approximate surface area is 145 Å². The second-order valence-electron chi connectivity index (χ2n) is 6.29. The molecule has 0 aliphatic carbocycles. The number of aromatic nitrogens is 2. The van der Waals surface area contributed by atoms with Crippen molar-refractivity contribution in [3.05, 3.63) is 47.1 Å². The third-order valence-electron chi connectivity index (χ3n) is 4.84. The Morgan fingerprint density at radius 2 is 2.29 bits per heavy atom. The van der Waals surface area contributed by atoms with Crippen molar-refractivity contribution in [1.82, 2.24) is 15.0 Å². The number of hydrogen-bond acceptors (Lipinski definition) is 5. The number of carbonyl (C=O) groups excluding carboxylic acids is 1. The second-order valence-corrected chi connectivity index (χ2v) is 7.50. The second kappa shape index (κ2) is 6.59. The maximum Gasteiger partial charge on any atom is 0.240 e. The van der Waals surface area contributed by atoms with Crippen LogP contribution in [0, 0.1) is 0 Å². The van der Waals surface area contributed by atoms with E-state index in [-0.39, 0.29) is 17.2 Å². The first-order valence-corrected chi connectivity index (χ1v) is 9.65. The number of rotatable bonds is 3. The maximum atomic E-state index is 13.2. The summed E-state index contributed by atoms with van der Waals surface area (Å²) in [4.78, 5) is 19.7. The zero-order valence-electron chi connectivity index (χ0n) is 13.8. The van der Waals surface area contributed by atoms with E-state index in [9.17, 15) is 4.79 Å². The molecule has 4 rings (SSSR count). The molecule has 6 heteroatoms. The molecule has 0 saturated carbocycles. The molecule has 1 aromatic carbocycles. The van der Waals surface area contributed by atoms with Crippen LogP contribution in [0.5, 0.6) is 0 Å². The third-order valence-corrected chi connectivity index (χ3v) is 6.07. The normalized spacial score (nSPS) is 23.3. The predicted molar refractivity (Wildman–Crippen MR) is 92.7 cm³/mol. The molecule has 1 saturated heterocycles. The fraction of sp³-hybridized carbons (Fsp3) is 0.500. The van der Waals surface area contributed by atoms with Crippen LogP contribution in [0.3, 0.4) is 0 Å². The van der Waals surface area contributed by atoms with Crippen LogP contribution in [-0.4, -0.2) is 33.2 Å². The summed E-state index contributed by atoms with van der Waals surface area (Å²) in [5.74, 6) is 2.49. The van der Waals surface area contributed by atoms with Gasteiger partial charge in [-0.2, -0.15) is 4.98 Å². The molecule has 24 heavy (non-hydrogen) atoms. The molecule has 126 valence electrons. The maximum absolute atomic E-state index is 13.2. The fourth-order valence-corrected chi connectivity index (χ4v) is 4.86. The van der Waals surface area contributed by atoms with Crippen LogP contribution in [-0.2, 0) is 17.6 Å². The molecule has 2 aromatic rings. The summed E-state index contributed by atoms with van der Waals surface area (Å²) < 4.78 is 5.25. The summed E-state index contributed by atoms with van der Waals surface area (Å²) in [5, 5.41) is 4.00. The van der Waals surface area contributed by atoms with Gasteiger partial charge in [0.15, 0.2) is 5.82 Å². The van der Waals surface area contributed by atoms with Gasteiger partial charge in [0.2, 0.25) is 11.8 Å². The lowest BCUT2D eigenvalue weighted by Crippen LogP contribution is -2.35. The van der Waals surface area contributed by atoms with E-state index < -0.39 is 0 Å². The molecule has 0 radical (unpaired) electrons. The van der Waals surface area contributed by atoms with Crippen molar-refractivity contribution in [3.63, 3.8) is 0 Å². The first-order valence-electron chi connectivity index (χ1n) is 8.60. The van der Waals surface area contributed by atoms with Crippen molar-refractivity contribution >= 4 is 17.7 Å². The van der Waals surface area contributed by atoms with Crippen molar-refractivity contribution in [3.8, 4) is 0 Å². The summed E-state index contributed by atoms with van der Waals surface area (Å²) in [7, 11) is 0. The van der Waals surface area contributed by atoms with Crippen LogP contribution in [0.4, 0.5) is 0 Å². The van der Waals surface area contributed by atoms with Crippen molar-refractivity contribution in [1.29, 1.82) is 0 Å². The van der Waals surface area contributed by atoms with Gasteiger partial charge in [-0.05, 0) is 36.1 Å². The molecule has 0 spiro atoms. The molecule has 2 aliphatic heterocycles. The molecule has 5 nitrogen and oxygen atoms in total. The topological polar surface area (TPSA) is 59.2 Å². The van der Waals surface area contributed by atoms with Crippen LogP contribution in [0.2, 0.25) is 0 Å². The number of likely N-dealkylation sites (tertiary alicyclic amines) is 1. The number of thioether (sulfide) groups is 1. The minimum absolute atomic E-state index is 0.0451. The van der Waals surface area contributed by atoms with E-state index in [1.54, 1.807) is 11.8 Å².